The second-order valence-corrected chi connectivity index (χ2v) is 8.36. The maximum atomic E-state index is 12.5. The van der Waals surface area contributed by atoms with E-state index < -0.39 is 0 Å². The van der Waals surface area contributed by atoms with Crippen LogP contribution in [-0.2, 0) is 17.8 Å². The van der Waals surface area contributed by atoms with Gasteiger partial charge in [0.05, 0.1) is 11.8 Å². The van der Waals surface area contributed by atoms with Crippen molar-refractivity contribution >= 4 is 29.0 Å². The number of carbonyl (C=O) groups is 1. The van der Waals surface area contributed by atoms with Crippen LogP contribution >= 0.6 is 23.1 Å². The molecule has 0 aromatic carbocycles. The highest BCUT2D eigenvalue weighted by Gasteiger charge is 2.24. The van der Waals surface area contributed by atoms with Crippen molar-refractivity contribution in [3.05, 3.63) is 21.9 Å². The van der Waals surface area contributed by atoms with Gasteiger partial charge >= 0.3 is 0 Å². The van der Waals surface area contributed by atoms with Crippen LogP contribution in [0.2, 0.25) is 0 Å². The molecule has 3 heterocycles. The predicted molar refractivity (Wildman–Crippen MR) is 94.1 cm³/mol. The Bertz CT molecular complexity index is 707. The molecule has 1 amide bonds. The lowest BCUT2D eigenvalue weighted by Crippen LogP contribution is -2.36. The number of thioether (sulfide) groups is 1. The maximum absolute atomic E-state index is 12.5. The van der Waals surface area contributed by atoms with Gasteiger partial charge in [-0.05, 0) is 46.7 Å². The maximum Gasteiger partial charge on any atom is 0.233 e. The molecule has 1 aliphatic carbocycles. The fourth-order valence-electron chi connectivity index (χ4n) is 3.51. The minimum absolute atomic E-state index is 0.176. The molecule has 0 spiro atoms. The zero-order valence-electron chi connectivity index (χ0n) is 13.6. The summed E-state index contributed by atoms with van der Waals surface area (Å²) in [5.74, 6) is 0.585. The highest BCUT2D eigenvalue weighted by Crippen LogP contribution is 2.30. The number of thiophene rings is 1. The monoisotopic (exact) mass is 363 g/mol. The van der Waals surface area contributed by atoms with E-state index in [0.29, 0.717) is 11.8 Å². The van der Waals surface area contributed by atoms with Gasteiger partial charge in [-0.25, -0.2) is 4.68 Å². The zero-order chi connectivity index (χ0) is 16.4. The number of amides is 1. The summed E-state index contributed by atoms with van der Waals surface area (Å²) in [4.78, 5) is 15.9. The lowest BCUT2D eigenvalue weighted by atomic mass is 9.96. The average Bonchev–Trinajstić information content (AvgIpc) is 3.28. The summed E-state index contributed by atoms with van der Waals surface area (Å²) in [6.07, 6.45) is 7.04. The third-order valence-electron chi connectivity index (χ3n) is 4.87. The molecule has 1 saturated carbocycles. The first-order valence-corrected chi connectivity index (χ1v) is 10.4. The molecular formula is C16H21N5OS2. The number of fused-ring (bicyclic) bond motifs is 1. The Balaban J connectivity index is 1.35. The van der Waals surface area contributed by atoms with Gasteiger partial charge in [0.15, 0.2) is 0 Å². The summed E-state index contributed by atoms with van der Waals surface area (Å²) in [6, 6.07) is 2.53. The van der Waals surface area contributed by atoms with Crippen LogP contribution in [0.3, 0.4) is 0 Å². The fourth-order valence-corrected chi connectivity index (χ4v) is 5.25. The van der Waals surface area contributed by atoms with E-state index in [0.717, 1.165) is 37.5 Å². The number of hydrogen-bond donors (Lipinski definition) is 0. The first-order chi connectivity index (χ1) is 11.8. The standard InChI is InChI=1S/C16H21N5OS2/c22-15(20-8-6-14-12(10-20)7-9-23-14)11-24-16-17-18-19-21(16)13-4-2-1-3-5-13/h7,9,13H,1-6,8,10-11H2. The number of rotatable bonds is 4. The minimum atomic E-state index is 0.176. The molecule has 1 fully saturated rings. The summed E-state index contributed by atoms with van der Waals surface area (Å²) >= 11 is 3.27. The van der Waals surface area contributed by atoms with E-state index in [1.54, 1.807) is 11.3 Å². The Morgan fingerprint density at radius 1 is 1.33 bits per heavy atom. The molecule has 1 aliphatic heterocycles. The number of tetrazole rings is 1. The van der Waals surface area contributed by atoms with Crippen LogP contribution < -0.4 is 0 Å². The summed E-state index contributed by atoms with van der Waals surface area (Å²) in [7, 11) is 0. The highest BCUT2D eigenvalue weighted by molar-refractivity contribution is 7.99. The van der Waals surface area contributed by atoms with Crippen molar-refractivity contribution in [3.8, 4) is 0 Å². The van der Waals surface area contributed by atoms with Crippen LogP contribution in [0.25, 0.3) is 0 Å². The summed E-state index contributed by atoms with van der Waals surface area (Å²) in [5.41, 5.74) is 1.30. The zero-order valence-corrected chi connectivity index (χ0v) is 15.2. The topological polar surface area (TPSA) is 63.9 Å². The van der Waals surface area contributed by atoms with E-state index in [4.69, 9.17) is 0 Å². The molecule has 0 bridgehead atoms. The van der Waals surface area contributed by atoms with Gasteiger partial charge in [0, 0.05) is 18.0 Å². The third kappa shape index (κ3) is 3.35. The van der Waals surface area contributed by atoms with Crippen molar-refractivity contribution in [1.29, 1.82) is 0 Å². The van der Waals surface area contributed by atoms with Crippen molar-refractivity contribution in [2.24, 2.45) is 0 Å². The van der Waals surface area contributed by atoms with E-state index in [2.05, 4.69) is 27.0 Å². The quantitative estimate of drug-likeness (QED) is 0.782. The van der Waals surface area contributed by atoms with E-state index in [1.165, 1.54) is 41.5 Å². The molecule has 0 unspecified atom stereocenters. The second kappa shape index (κ2) is 7.23. The van der Waals surface area contributed by atoms with Crippen molar-refractivity contribution in [3.63, 3.8) is 0 Å². The van der Waals surface area contributed by atoms with Crippen molar-refractivity contribution < 1.29 is 4.79 Å². The van der Waals surface area contributed by atoms with E-state index in [9.17, 15) is 4.79 Å². The Kier molecular flexibility index (Phi) is 4.84. The van der Waals surface area contributed by atoms with Gasteiger partial charge in [0.2, 0.25) is 11.1 Å². The molecule has 2 aliphatic rings. The summed E-state index contributed by atoms with van der Waals surface area (Å²) in [5, 5.41) is 15.0. The Hall–Kier alpha value is -1.41. The van der Waals surface area contributed by atoms with Crippen LogP contribution in [0, 0.1) is 0 Å². The van der Waals surface area contributed by atoms with E-state index in [1.807, 2.05) is 9.58 Å². The molecule has 6 nitrogen and oxygen atoms in total. The molecular weight excluding hydrogens is 342 g/mol. The third-order valence-corrected chi connectivity index (χ3v) is 6.81. The minimum Gasteiger partial charge on any atom is -0.337 e. The van der Waals surface area contributed by atoms with Crippen molar-refractivity contribution in [2.75, 3.05) is 12.3 Å². The molecule has 4 rings (SSSR count). The van der Waals surface area contributed by atoms with Crippen molar-refractivity contribution in [2.45, 2.75) is 56.3 Å². The normalized spacial score (nSPS) is 18.6. The van der Waals surface area contributed by atoms with Gasteiger partial charge in [-0.2, -0.15) is 0 Å². The Morgan fingerprint density at radius 3 is 3.08 bits per heavy atom. The molecule has 2 aromatic heterocycles. The van der Waals surface area contributed by atoms with Crippen LogP contribution in [0.5, 0.6) is 0 Å². The average molecular weight is 364 g/mol. The van der Waals surface area contributed by atoms with Gasteiger partial charge in [0.1, 0.15) is 0 Å². The van der Waals surface area contributed by atoms with E-state index >= 15 is 0 Å². The smallest absolute Gasteiger partial charge is 0.233 e. The van der Waals surface area contributed by atoms with Crippen LogP contribution in [0.15, 0.2) is 16.6 Å². The molecule has 0 saturated heterocycles. The molecule has 24 heavy (non-hydrogen) atoms. The van der Waals surface area contributed by atoms with Gasteiger partial charge in [-0.15, -0.1) is 16.4 Å². The first-order valence-electron chi connectivity index (χ1n) is 8.55. The van der Waals surface area contributed by atoms with Crippen LogP contribution in [0.1, 0.15) is 48.6 Å². The fraction of sp³-hybridized carbons (Fsp3) is 0.625. The lowest BCUT2D eigenvalue weighted by molar-refractivity contribution is -0.129. The lowest BCUT2D eigenvalue weighted by Gasteiger charge is -2.27. The number of carbonyl (C=O) groups excluding carboxylic acids is 1. The predicted octanol–water partition coefficient (Wildman–Crippen LogP) is 2.92. The molecule has 0 N–H and O–H groups in total. The largest absolute Gasteiger partial charge is 0.337 e. The number of aromatic nitrogens is 4. The van der Waals surface area contributed by atoms with Gasteiger partial charge < -0.3 is 4.90 Å². The van der Waals surface area contributed by atoms with E-state index in [-0.39, 0.29) is 5.91 Å². The number of nitrogens with zero attached hydrogens (tertiary/aromatic N) is 5. The van der Waals surface area contributed by atoms with Gasteiger partial charge in [-0.3, -0.25) is 4.79 Å². The van der Waals surface area contributed by atoms with Gasteiger partial charge in [0.25, 0.3) is 0 Å². The molecule has 2 aromatic rings. The van der Waals surface area contributed by atoms with Crippen LogP contribution in [0.4, 0.5) is 0 Å². The summed E-state index contributed by atoms with van der Waals surface area (Å²) < 4.78 is 1.93. The molecule has 8 heteroatoms. The molecule has 0 atom stereocenters. The SMILES string of the molecule is O=C(CSc1nnnn1C1CCCCC1)N1CCc2sccc2C1. The van der Waals surface area contributed by atoms with Crippen LogP contribution in [-0.4, -0.2) is 43.3 Å². The van der Waals surface area contributed by atoms with Crippen molar-refractivity contribution in [1.82, 2.24) is 25.1 Å². The number of hydrogen-bond acceptors (Lipinski definition) is 6. The molecule has 128 valence electrons. The Labute approximate surface area is 149 Å². The summed E-state index contributed by atoms with van der Waals surface area (Å²) in [6.45, 7) is 1.56. The molecule has 0 radical (unpaired) electrons. The first kappa shape index (κ1) is 16.1. The van der Waals surface area contributed by atoms with Gasteiger partial charge in [-0.1, -0.05) is 31.0 Å². The Morgan fingerprint density at radius 2 is 2.21 bits per heavy atom. The highest BCUT2D eigenvalue weighted by atomic mass is 32.2. The second-order valence-electron chi connectivity index (χ2n) is 6.42.